The first-order chi connectivity index (χ1) is 12.0. The predicted molar refractivity (Wildman–Crippen MR) is 99.0 cm³/mol. The molecule has 0 bridgehead atoms. The average molecular weight is 358 g/mol. The van der Waals surface area contributed by atoms with Crippen molar-refractivity contribution in [3.05, 3.63) is 53.2 Å². The number of nitrogens with zero attached hydrogens (tertiary/aromatic N) is 4. The number of aromatic hydroxyl groups is 1. The van der Waals surface area contributed by atoms with E-state index in [1.807, 2.05) is 12.1 Å². The van der Waals surface area contributed by atoms with Gasteiger partial charge in [-0.15, -0.1) is 0 Å². The minimum absolute atomic E-state index is 0.172. The van der Waals surface area contributed by atoms with E-state index >= 15 is 0 Å². The van der Waals surface area contributed by atoms with Gasteiger partial charge in [-0.1, -0.05) is 32.4 Å². The van der Waals surface area contributed by atoms with E-state index in [-0.39, 0.29) is 11.7 Å². The van der Waals surface area contributed by atoms with Crippen LogP contribution in [0.5, 0.6) is 5.75 Å². The third-order valence-electron chi connectivity index (χ3n) is 4.02. The first-order valence-corrected chi connectivity index (χ1v) is 8.51. The molecule has 1 aromatic carbocycles. The van der Waals surface area contributed by atoms with Crippen LogP contribution < -0.4 is 5.32 Å². The lowest BCUT2D eigenvalue weighted by Gasteiger charge is -2.17. The Morgan fingerprint density at radius 3 is 2.72 bits per heavy atom. The van der Waals surface area contributed by atoms with E-state index in [2.05, 4.69) is 41.2 Å². The summed E-state index contributed by atoms with van der Waals surface area (Å²) >= 11 is 6.38. The topological polar surface area (TPSA) is 75.9 Å². The lowest BCUT2D eigenvalue weighted by molar-refractivity contribution is 0.463. The largest absolute Gasteiger partial charge is 0.504 e. The van der Waals surface area contributed by atoms with Gasteiger partial charge in [0.15, 0.2) is 11.6 Å². The molecular formula is C18H20ClN5O. The zero-order valence-electron chi connectivity index (χ0n) is 14.4. The maximum Gasteiger partial charge on any atom is 0.173 e. The normalized spacial score (nSPS) is 11.1. The molecule has 3 aromatic rings. The zero-order chi connectivity index (χ0) is 18.0. The van der Waals surface area contributed by atoms with Gasteiger partial charge in [-0.2, -0.15) is 5.10 Å². The van der Waals surface area contributed by atoms with E-state index in [4.69, 9.17) is 11.6 Å². The van der Waals surface area contributed by atoms with Crippen molar-refractivity contribution in [2.45, 2.75) is 33.1 Å². The van der Waals surface area contributed by atoms with Crippen LogP contribution in [0.15, 0.2) is 37.1 Å². The quantitative estimate of drug-likeness (QED) is 0.705. The zero-order valence-corrected chi connectivity index (χ0v) is 15.1. The summed E-state index contributed by atoms with van der Waals surface area (Å²) in [6, 6.07) is 5.46. The number of benzene rings is 1. The standard InChI is InChI=1S/C18H20ClN5O/c1-4-12-8-21-18(17(25)16(12)11(2)3)23-15-6-5-13(7-14(15)19)24-10-20-9-22-24/h5-11,25H,4H2,1-3H3,(H,21,23). The third kappa shape index (κ3) is 3.44. The number of hydrogen-bond acceptors (Lipinski definition) is 5. The molecule has 3 rings (SSSR count). The molecule has 0 aliphatic heterocycles. The van der Waals surface area contributed by atoms with Gasteiger partial charge < -0.3 is 10.4 Å². The van der Waals surface area contributed by atoms with Crippen molar-refractivity contribution < 1.29 is 5.11 Å². The molecule has 2 heterocycles. The van der Waals surface area contributed by atoms with Crippen LogP contribution in [0.1, 0.15) is 37.8 Å². The van der Waals surface area contributed by atoms with Crippen LogP contribution in [0.4, 0.5) is 11.5 Å². The molecule has 0 saturated carbocycles. The minimum atomic E-state index is 0.172. The minimum Gasteiger partial charge on any atom is -0.504 e. The molecule has 0 amide bonds. The number of hydrogen-bond donors (Lipinski definition) is 2. The molecule has 0 aliphatic rings. The number of aryl methyl sites for hydroxylation is 1. The highest BCUT2D eigenvalue weighted by Crippen LogP contribution is 2.37. The summed E-state index contributed by atoms with van der Waals surface area (Å²) in [7, 11) is 0. The van der Waals surface area contributed by atoms with Crippen LogP contribution in [0, 0.1) is 0 Å². The number of rotatable bonds is 5. The molecule has 6 nitrogen and oxygen atoms in total. The summed E-state index contributed by atoms with van der Waals surface area (Å²) in [5.74, 6) is 0.769. The van der Waals surface area contributed by atoms with Crippen molar-refractivity contribution in [2.75, 3.05) is 5.32 Å². The molecular weight excluding hydrogens is 338 g/mol. The Balaban J connectivity index is 1.94. The van der Waals surface area contributed by atoms with E-state index in [9.17, 15) is 5.11 Å². The van der Waals surface area contributed by atoms with Crippen molar-refractivity contribution in [3.8, 4) is 11.4 Å². The molecule has 0 unspecified atom stereocenters. The Bertz CT molecular complexity index is 877. The number of pyridine rings is 1. The van der Waals surface area contributed by atoms with Crippen LogP contribution in [-0.4, -0.2) is 24.9 Å². The molecule has 2 aromatic heterocycles. The van der Waals surface area contributed by atoms with Gasteiger partial charge in [0.25, 0.3) is 0 Å². The van der Waals surface area contributed by atoms with E-state index in [0.717, 1.165) is 23.2 Å². The van der Waals surface area contributed by atoms with Crippen LogP contribution in [0.2, 0.25) is 5.02 Å². The summed E-state index contributed by atoms with van der Waals surface area (Å²) in [4.78, 5) is 8.28. The Kier molecular flexibility index (Phi) is 4.90. The fourth-order valence-electron chi connectivity index (χ4n) is 2.79. The lowest BCUT2D eigenvalue weighted by Crippen LogP contribution is -2.03. The highest BCUT2D eigenvalue weighted by Gasteiger charge is 2.17. The molecule has 25 heavy (non-hydrogen) atoms. The summed E-state index contributed by atoms with van der Waals surface area (Å²) in [6.07, 6.45) is 5.69. The van der Waals surface area contributed by atoms with Crippen molar-refractivity contribution in [3.63, 3.8) is 0 Å². The third-order valence-corrected chi connectivity index (χ3v) is 4.33. The first-order valence-electron chi connectivity index (χ1n) is 8.13. The fourth-order valence-corrected chi connectivity index (χ4v) is 3.01. The van der Waals surface area contributed by atoms with Crippen molar-refractivity contribution in [1.29, 1.82) is 0 Å². The second-order valence-corrected chi connectivity index (χ2v) is 6.44. The molecule has 130 valence electrons. The van der Waals surface area contributed by atoms with E-state index in [1.54, 1.807) is 23.3 Å². The molecule has 0 fully saturated rings. The summed E-state index contributed by atoms with van der Waals surface area (Å²) in [6.45, 7) is 6.16. The molecule has 0 radical (unpaired) electrons. The summed E-state index contributed by atoms with van der Waals surface area (Å²) in [5, 5.41) is 18.3. The first kappa shape index (κ1) is 17.2. The highest BCUT2D eigenvalue weighted by atomic mass is 35.5. The van der Waals surface area contributed by atoms with Gasteiger partial charge in [0.1, 0.15) is 12.7 Å². The van der Waals surface area contributed by atoms with Gasteiger partial charge in [-0.05, 0) is 36.1 Å². The predicted octanol–water partition coefficient (Wildman–Crippen LogP) is 4.45. The summed E-state index contributed by atoms with van der Waals surface area (Å²) < 4.78 is 1.62. The smallest absolute Gasteiger partial charge is 0.173 e. The van der Waals surface area contributed by atoms with Crippen LogP contribution in [0.3, 0.4) is 0 Å². The second kappa shape index (κ2) is 7.11. The van der Waals surface area contributed by atoms with Crippen molar-refractivity contribution in [2.24, 2.45) is 0 Å². The van der Waals surface area contributed by atoms with Crippen molar-refractivity contribution >= 4 is 23.1 Å². The molecule has 0 saturated heterocycles. The Morgan fingerprint density at radius 1 is 1.32 bits per heavy atom. The molecule has 0 aliphatic carbocycles. The van der Waals surface area contributed by atoms with E-state index in [1.165, 1.54) is 6.33 Å². The van der Waals surface area contributed by atoms with Gasteiger partial charge in [0, 0.05) is 11.8 Å². The monoisotopic (exact) mass is 357 g/mol. The number of nitrogens with one attached hydrogen (secondary N) is 1. The highest BCUT2D eigenvalue weighted by molar-refractivity contribution is 6.33. The van der Waals surface area contributed by atoms with E-state index in [0.29, 0.717) is 16.5 Å². The number of halogens is 1. The van der Waals surface area contributed by atoms with Crippen LogP contribution in [-0.2, 0) is 6.42 Å². The Labute approximate surface area is 151 Å². The Hall–Kier alpha value is -2.60. The van der Waals surface area contributed by atoms with Gasteiger partial charge in [0.05, 0.1) is 16.4 Å². The molecule has 2 N–H and O–H groups in total. The van der Waals surface area contributed by atoms with Gasteiger partial charge >= 0.3 is 0 Å². The van der Waals surface area contributed by atoms with Crippen molar-refractivity contribution in [1.82, 2.24) is 19.7 Å². The van der Waals surface area contributed by atoms with Gasteiger partial charge in [0.2, 0.25) is 0 Å². The molecule has 0 spiro atoms. The van der Waals surface area contributed by atoms with Gasteiger partial charge in [-0.25, -0.2) is 14.6 Å². The lowest BCUT2D eigenvalue weighted by atomic mass is 9.96. The van der Waals surface area contributed by atoms with Crippen LogP contribution in [0.25, 0.3) is 5.69 Å². The van der Waals surface area contributed by atoms with Gasteiger partial charge in [-0.3, -0.25) is 0 Å². The fraction of sp³-hybridized carbons (Fsp3) is 0.278. The number of anilines is 2. The molecule has 7 heteroatoms. The molecule has 0 atom stereocenters. The summed E-state index contributed by atoms with van der Waals surface area (Å²) in [5.41, 5.74) is 3.42. The Morgan fingerprint density at radius 2 is 2.12 bits per heavy atom. The maximum atomic E-state index is 10.6. The number of aromatic nitrogens is 4. The van der Waals surface area contributed by atoms with E-state index < -0.39 is 0 Å². The SMILES string of the molecule is CCc1cnc(Nc2ccc(-n3cncn3)cc2Cl)c(O)c1C(C)C. The second-order valence-electron chi connectivity index (χ2n) is 6.03. The maximum absolute atomic E-state index is 10.6. The average Bonchev–Trinajstić information content (AvgIpc) is 3.12. The van der Waals surface area contributed by atoms with Crippen LogP contribution >= 0.6 is 11.6 Å².